The zero-order valence-corrected chi connectivity index (χ0v) is 52.8. The van der Waals surface area contributed by atoms with Crippen LogP contribution in [-0.2, 0) is 32.5 Å². The van der Waals surface area contributed by atoms with Crippen LogP contribution < -0.4 is 0 Å². The first-order chi connectivity index (χ1) is 39.4. The Labute approximate surface area is 496 Å². The van der Waals surface area contributed by atoms with Crippen molar-refractivity contribution in [3.8, 4) is 28.8 Å². The molecule has 0 atom stereocenters. The Morgan fingerprint density at radius 3 is 1.05 bits per heavy atom. The molecule has 422 valence electrons. The van der Waals surface area contributed by atoms with Gasteiger partial charge in [-0.1, -0.05) is 197 Å². The maximum absolute atomic E-state index is 11.3. The molecule has 0 fully saturated rings. The predicted molar refractivity (Wildman–Crippen MR) is 361 cm³/mol. The first kappa shape index (κ1) is 54.9. The molecule has 0 saturated heterocycles. The van der Waals surface area contributed by atoms with Crippen LogP contribution in [0.5, 0.6) is 0 Å². The Balaban J connectivity index is 1.18. The third kappa shape index (κ3) is 8.60. The molecule has 0 spiro atoms. The van der Waals surface area contributed by atoms with Crippen LogP contribution in [0.15, 0.2) is 164 Å². The number of nitrogens with zero attached hydrogens (tertiary/aromatic N) is 5. The second kappa shape index (κ2) is 18.3. The Morgan fingerprint density at radius 1 is 0.274 bits per heavy atom. The van der Waals surface area contributed by atoms with Gasteiger partial charge in [-0.05, 0) is 157 Å². The number of fused-ring (bicyclic) bond motifs is 14. The number of para-hydroxylation sites is 2. The fraction of sp³-hybridized carbons (Fsp3) is 0.304. The minimum atomic E-state index is -0.132. The van der Waals surface area contributed by atoms with E-state index in [1.807, 2.05) is 6.07 Å². The molecule has 0 aliphatic carbocycles. The van der Waals surface area contributed by atoms with E-state index >= 15 is 0 Å². The summed E-state index contributed by atoms with van der Waals surface area (Å²) in [7, 11) is 0. The molecule has 4 heterocycles. The molecule has 9 aromatic carbocycles. The summed E-state index contributed by atoms with van der Waals surface area (Å²) >= 11 is 0. The second-order valence-corrected chi connectivity index (χ2v) is 30.4. The van der Waals surface area contributed by atoms with Crippen molar-refractivity contribution in [3.63, 3.8) is 0 Å². The number of hydrogen-bond acceptors (Lipinski definition) is 1. The van der Waals surface area contributed by atoms with Crippen LogP contribution in [0.1, 0.15) is 164 Å². The average molecular weight is 1100 g/mol. The van der Waals surface area contributed by atoms with Gasteiger partial charge in [0.1, 0.15) is 6.07 Å². The first-order valence-electron chi connectivity index (χ1n) is 30.3. The molecule has 0 N–H and O–H groups in total. The number of aromatic nitrogens is 4. The van der Waals surface area contributed by atoms with Crippen molar-refractivity contribution in [1.82, 2.24) is 18.3 Å². The van der Waals surface area contributed by atoms with Crippen molar-refractivity contribution in [1.29, 1.82) is 5.26 Å². The van der Waals surface area contributed by atoms with Crippen molar-refractivity contribution in [2.75, 3.05) is 0 Å². The molecular weight excluding hydrogens is 1020 g/mol. The summed E-state index contributed by atoms with van der Waals surface area (Å²) in [6.07, 6.45) is 0. The molecule has 0 aliphatic rings. The average Bonchev–Trinajstić information content (AvgIpc) is 1.60. The van der Waals surface area contributed by atoms with Crippen molar-refractivity contribution in [2.24, 2.45) is 0 Å². The van der Waals surface area contributed by atoms with Gasteiger partial charge in [0, 0.05) is 60.2 Å². The highest BCUT2D eigenvalue weighted by molar-refractivity contribution is 6.31. The second-order valence-electron chi connectivity index (χ2n) is 30.4. The zero-order valence-electron chi connectivity index (χ0n) is 52.8. The van der Waals surface area contributed by atoms with Gasteiger partial charge in [0.15, 0.2) is 0 Å². The van der Waals surface area contributed by atoms with Gasteiger partial charge in [0.05, 0.1) is 55.4 Å². The van der Waals surface area contributed by atoms with E-state index in [0.717, 1.165) is 55.4 Å². The SMILES string of the molecule is CC(C)(C)c1cc(-n2c3ccccc3c3c2ccc2c4ccc5c(c6ccccc6n5-c5cc(-n6c7ccc(C(C)(C)C)cc7c7cc(C(C)(C)C)ccc76)ccc5C#N)c4n(-c4cc(C(C)(C)C)cc(C(C)(C)C)c4)c23)cc(C(C)(C)C)c1. The van der Waals surface area contributed by atoms with Gasteiger partial charge >= 0.3 is 0 Å². The largest absolute Gasteiger partial charge is 0.309 e. The summed E-state index contributed by atoms with van der Waals surface area (Å²) in [6.45, 7) is 41.8. The normalized spacial score (nSPS) is 13.3. The number of nitriles is 1. The van der Waals surface area contributed by atoms with Crippen molar-refractivity contribution >= 4 is 87.2 Å². The molecule has 0 amide bonds. The van der Waals surface area contributed by atoms with Gasteiger partial charge in [0.25, 0.3) is 0 Å². The quantitative estimate of drug-likeness (QED) is 0.173. The van der Waals surface area contributed by atoms with E-state index in [-0.39, 0.29) is 32.5 Å². The first-order valence-corrected chi connectivity index (χ1v) is 30.3. The van der Waals surface area contributed by atoms with E-state index in [2.05, 4.69) is 307 Å². The number of hydrogen-bond donors (Lipinski definition) is 0. The minimum absolute atomic E-state index is 0.0240. The van der Waals surface area contributed by atoms with E-state index in [4.69, 9.17) is 0 Å². The Bertz CT molecular complexity index is 4810. The fourth-order valence-corrected chi connectivity index (χ4v) is 13.3. The topological polar surface area (TPSA) is 43.5 Å². The van der Waals surface area contributed by atoms with E-state index in [1.165, 1.54) is 87.9 Å². The molecule has 13 rings (SSSR count). The molecule has 4 aromatic heterocycles. The molecule has 0 radical (unpaired) electrons. The lowest BCUT2D eigenvalue weighted by Crippen LogP contribution is -2.17. The summed E-state index contributed by atoms with van der Waals surface area (Å²) < 4.78 is 9.96. The predicted octanol–water partition coefficient (Wildman–Crippen LogP) is 21.7. The lowest BCUT2D eigenvalue weighted by molar-refractivity contribution is 0.567. The molecule has 0 saturated carbocycles. The van der Waals surface area contributed by atoms with Crippen molar-refractivity contribution in [3.05, 3.63) is 203 Å². The van der Waals surface area contributed by atoms with Crippen molar-refractivity contribution in [2.45, 2.75) is 157 Å². The zero-order chi connectivity index (χ0) is 59.7. The van der Waals surface area contributed by atoms with E-state index in [0.29, 0.717) is 5.56 Å². The maximum atomic E-state index is 11.3. The molecule has 0 aliphatic heterocycles. The van der Waals surface area contributed by atoms with Gasteiger partial charge in [-0.2, -0.15) is 5.26 Å². The highest BCUT2D eigenvalue weighted by atomic mass is 15.0. The van der Waals surface area contributed by atoms with Crippen LogP contribution in [0.4, 0.5) is 0 Å². The summed E-state index contributed by atoms with van der Waals surface area (Å²) in [4.78, 5) is 0. The van der Waals surface area contributed by atoms with Gasteiger partial charge in [-0.25, -0.2) is 0 Å². The molecule has 13 aromatic rings. The van der Waals surface area contributed by atoms with E-state index < -0.39 is 0 Å². The van der Waals surface area contributed by atoms with Crippen LogP contribution in [0.2, 0.25) is 0 Å². The van der Waals surface area contributed by atoms with Crippen LogP contribution in [0.3, 0.4) is 0 Å². The molecule has 5 heteroatoms. The maximum Gasteiger partial charge on any atom is 0.101 e. The minimum Gasteiger partial charge on any atom is -0.309 e. The molecule has 0 bridgehead atoms. The smallest absolute Gasteiger partial charge is 0.101 e. The fourth-order valence-electron chi connectivity index (χ4n) is 13.3. The van der Waals surface area contributed by atoms with E-state index in [9.17, 15) is 5.26 Å². The Morgan fingerprint density at radius 2 is 0.631 bits per heavy atom. The van der Waals surface area contributed by atoms with E-state index in [1.54, 1.807) is 0 Å². The van der Waals surface area contributed by atoms with Crippen LogP contribution >= 0.6 is 0 Å². The van der Waals surface area contributed by atoms with Crippen LogP contribution in [0, 0.1) is 11.3 Å². The molecule has 5 nitrogen and oxygen atoms in total. The van der Waals surface area contributed by atoms with Crippen LogP contribution in [-0.4, -0.2) is 18.3 Å². The Hall–Kier alpha value is -8.33. The van der Waals surface area contributed by atoms with Gasteiger partial charge in [-0.3, -0.25) is 0 Å². The van der Waals surface area contributed by atoms with Crippen LogP contribution in [0.25, 0.3) is 110 Å². The standard InChI is InChI=1S/C79H81N5/c1-74(2,3)48-28-33-65-61(43-48)62-44-49(75(4,5)6)29-34-66(62)81(65)54-30-27-47(46-80)69(45-54)84-64-26-22-20-24-60(64)71-68(84)36-32-58-57-31-35-67-70(72(57)83(73(58)71)56-41-52(78(13,14)15)38-53(42-56)79(16,17)18)59-23-19-21-25-63(59)82(67)55-39-50(76(7,8)9)37-51(40-55)77(10,11)12/h19-45H,1-18H3. The molecule has 84 heavy (non-hydrogen) atoms. The third-order valence-corrected chi connectivity index (χ3v) is 18.3. The summed E-state index contributed by atoms with van der Waals surface area (Å²) in [5, 5.41) is 20.9. The monoisotopic (exact) mass is 1100 g/mol. The summed E-state index contributed by atoms with van der Waals surface area (Å²) in [6, 6.07) is 65.2. The highest BCUT2D eigenvalue weighted by Crippen LogP contribution is 2.49. The highest BCUT2D eigenvalue weighted by Gasteiger charge is 2.30. The lowest BCUT2D eigenvalue weighted by Gasteiger charge is -2.27. The van der Waals surface area contributed by atoms with Gasteiger partial charge in [-0.15, -0.1) is 0 Å². The van der Waals surface area contributed by atoms with Gasteiger partial charge in [0.2, 0.25) is 0 Å². The summed E-state index contributed by atoms with van der Waals surface area (Å²) in [5.74, 6) is 0. The van der Waals surface area contributed by atoms with Gasteiger partial charge < -0.3 is 18.3 Å². The molecular formula is C79H81N5. The Kier molecular flexibility index (Phi) is 12.0. The van der Waals surface area contributed by atoms with Crippen molar-refractivity contribution < 1.29 is 0 Å². The number of rotatable bonds is 4. The molecule has 0 unspecified atom stereocenters. The third-order valence-electron chi connectivity index (χ3n) is 18.3. The lowest BCUT2D eigenvalue weighted by atomic mass is 9.80. The number of benzene rings is 9. The summed E-state index contributed by atoms with van der Waals surface area (Å²) in [5.41, 5.74) is 21.3.